The van der Waals surface area contributed by atoms with Gasteiger partial charge in [0.15, 0.2) is 0 Å². The third-order valence-corrected chi connectivity index (χ3v) is 1.95. The fourth-order valence-corrected chi connectivity index (χ4v) is 1.19. The summed E-state index contributed by atoms with van der Waals surface area (Å²) in [5.74, 6) is 0.954. The van der Waals surface area contributed by atoms with Gasteiger partial charge >= 0.3 is 0 Å². The molecule has 1 nitrogen and oxygen atoms in total. The predicted octanol–water partition coefficient (Wildman–Crippen LogP) is 3.45. The molecule has 13 heavy (non-hydrogen) atoms. The number of hydrogen-bond acceptors (Lipinski definition) is 1. The average Bonchev–Trinajstić information content (AvgIpc) is 2.19. The molecule has 71 valence electrons. The van der Waals surface area contributed by atoms with E-state index in [2.05, 4.69) is 13.0 Å². The standard InChI is InChI=1S/C12H17O/c1-2-3-4-8-11-13-12-9-6-5-7-10-12/h6-7,9-10H,2-4,8,11H2,1H3. The molecule has 0 aliphatic rings. The first-order valence-corrected chi connectivity index (χ1v) is 5.02. The highest BCUT2D eigenvalue weighted by Gasteiger charge is 1.91. The second kappa shape index (κ2) is 6.53. The first-order valence-electron chi connectivity index (χ1n) is 5.02. The van der Waals surface area contributed by atoms with Gasteiger partial charge in [-0.1, -0.05) is 38.3 Å². The second-order valence-electron chi connectivity index (χ2n) is 3.14. The number of rotatable bonds is 6. The fraction of sp³-hybridized carbons (Fsp3) is 0.500. The van der Waals surface area contributed by atoms with Gasteiger partial charge in [0.2, 0.25) is 0 Å². The highest BCUT2D eigenvalue weighted by Crippen LogP contribution is 2.09. The highest BCUT2D eigenvalue weighted by atomic mass is 16.5. The third-order valence-electron chi connectivity index (χ3n) is 1.95. The molecule has 0 saturated carbocycles. The molecule has 0 fully saturated rings. The molecule has 0 unspecified atom stereocenters. The van der Waals surface area contributed by atoms with E-state index in [9.17, 15) is 0 Å². The van der Waals surface area contributed by atoms with Crippen LogP contribution in [0.15, 0.2) is 24.3 Å². The monoisotopic (exact) mass is 177 g/mol. The molecule has 1 aromatic carbocycles. The fourth-order valence-electron chi connectivity index (χ4n) is 1.19. The molecule has 0 aliphatic heterocycles. The lowest BCUT2D eigenvalue weighted by molar-refractivity contribution is 0.305. The molecule has 0 heterocycles. The molecule has 0 aromatic heterocycles. The SMILES string of the molecule is CCCCCCOc1cc[c]cc1. The zero-order valence-electron chi connectivity index (χ0n) is 8.25. The molecule has 0 atom stereocenters. The van der Waals surface area contributed by atoms with Gasteiger partial charge in [0.25, 0.3) is 0 Å². The molecule has 1 radical (unpaired) electrons. The van der Waals surface area contributed by atoms with E-state index >= 15 is 0 Å². The van der Waals surface area contributed by atoms with E-state index in [4.69, 9.17) is 4.74 Å². The average molecular weight is 177 g/mol. The van der Waals surface area contributed by atoms with Crippen molar-refractivity contribution in [1.29, 1.82) is 0 Å². The van der Waals surface area contributed by atoms with Crippen molar-refractivity contribution in [2.45, 2.75) is 32.6 Å². The van der Waals surface area contributed by atoms with E-state index in [-0.39, 0.29) is 0 Å². The van der Waals surface area contributed by atoms with Crippen molar-refractivity contribution >= 4 is 0 Å². The van der Waals surface area contributed by atoms with Gasteiger partial charge in [-0.05, 0) is 24.6 Å². The summed E-state index contributed by atoms with van der Waals surface area (Å²) >= 11 is 0. The molecular weight excluding hydrogens is 160 g/mol. The van der Waals surface area contributed by atoms with E-state index in [1.54, 1.807) is 0 Å². The maximum Gasteiger partial charge on any atom is 0.119 e. The Morgan fingerprint density at radius 3 is 2.62 bits per heavy atom. The molecule has 0 spiro atoms. The Kier molecular flexibility index (Phi) is 5.07. The summed E-state index contributed by atoms with van der Waals surface area (Å²) in [5.41, 5.74) is 0. The van der Waals surface area contributed by atoms with Crippen LogP contribution >= 0.6 is 0 Å². The normalized spacial score (nSPS) is 9.92. The second-order valence-corrected chi connectivity index (χ2v) is 3.14. The minimum atomic E-state index is 0.837. The molecule has 1 heteroatoms. The van der Waals surface area contributed by atoms with E-state index in [1.165, 1.54) is 19.3 Å². The van der Waals surface area contributed by atoms with Crippen LogP contribution in [0, 0.1) is 6.07 Å². The summed E-state index contributed by atoms with van der Waals surface area (Å²) in [6.07, 6.45) is 5.02. The van der Waals surface area contributed by atoms with Gasteiger partial charge in [0.05, 0.1) is 6.61 Å². The number of hydrogen-bond donors (Lipinski definition) is 0. The zero-order chi connectivity index (χ0) is 9.36. The van der Waals surface area contributed by atoms with Crippen molar-refractivity contribution in [3.8, 4) is 5.75 Å². The Morgan fingerprint density at radius 2 is 1.92 bits per heavy atom. The minimum Gasteiger partial charge on any atom is -0.494 e. The molecule has 0 aliphatic carbocycles. The van der Waals surface area contributed by atoms with E-state index in [0.29, 0.717) is 0 Å². The van der Waals surface area contributed by atoms with E-state index in [0.717, 1.165) is 18.8 Å². The molecule has 1 aromatic rings. The maximum absolute atomic E-state index is 5.53. The van der Waals surface area contributed by atoms with Gasteiger partial charge in [-0.3, -0.25) is 0 Å². The van der Waals surface area contributed by atoms with Crippen LogP contribution in [-0.2, 0) is 0 Å². The van der Waals surface area contributed by atoms with E-state index < -0.39 is 0 Å². The van der Waals surface area contributed by atoms with Gasteiger partial charge in [-0.25, -0.2) is 0 Å². The Hall–Kier alpha value is -0.980. The molecule has 0 N–H and O–H groups in total. The van der Waals surface area contributed by atoms with Crippen LogP contribution in [0.1, 0.15) is 32.6 Å². The lowest BCUT2D eigenvalue weighted by Gasteiger charge is -2.04. The van der Waals surface area contributed by atoms with Crippen molar-refractivity contribution in [1.82, 2.24) is 0 Å². The molecule has 0 bridgehead atoms. The topological polar surface area (TPSA) is 9.23 Å². The lowest BCUT2D eigenvalue weighted by atomic mass is 10.2. The van der Waals surface area contributed by atoms with Crippen LogP contribution in [0.5, 0.6) is 5.75 Å². The predicted molar refractivity (Wildman–Crippen MR) is 54.9 cm³/mol. The number of ether oxygens (including phenoxy) is 1. The molecular formula is C12H17O. The van der Waals surface area contributed by atoms with Crippen LogP contribution in [0.25, 0.3) is 0 Å². The summed E-state index contributed by atoms with van der Waals surface area (Å²) in [4.78, 5) is 0. The minimum absolute atomic E-state index is 0.837. The van der Waals surface area contributed by atoms with Crippen LogP contribution in [0.3, 0.4) is 0 Å². The van der Waals surface area contributed by atoms with Crippen molar-refractivity contribution < 1.29 is 4.74 Å². The van der Waals surface area contributed by atoms with Crippen LogP contribution in [0.4, 0.5) is 0 Å². The first-order chi connectivity index (χ1) is 6.43. The summed E-state index contributed by atoms with van der Waals surface area (Å²) in [6, 6.07) is 10.6. The first kappa shape index (κ1) is 10.1. The van der Waals surface area contributed by atoms with Gasteiger partial charge in [0.1, 0.15) is 5.75 Å². The van der Waals surface area contributed by atoms with Gasteiger partial charge in [0, 0.05) is 0 Å². The number of benzene rings is 1. The Bertz CT molecular complexity index is 206. The van der Waals surface area contributed by atoms with Crippen LogP contribution in [0.2, 0.25) is 0 Å². The Morgan fingerprint density at radius 1 is 1.15 bits per heavy atom. The maximum atomic E-state index is 5.53. The van der Waals surface area contributed by atoms with Crippen LogP contribution < -0.4 is 4.74 Å². The van der Waals surface area contributed by atoms with Crippen molar-refractivity contribution in [3.63, 3.8) is 0 Å². The third kappa shape index (κ3) is 4.56. The number of unbranched alkanes of at least 4 members (excludes halogenated alkanes) is 3. The van der Waals surface area contributed by atoms with Crippen molar-refractivity contribution in [3.05, 3.63) is 30.3 Å². The largest absolute Gasteiger partial charge is 0.494 e. The zero-order valence-corrected chi connectivity index (χ0v) is 8.25. The van der Waals surface area contributed by atoms with Gasteiger partial charge < -0.3 is 4.74 Å². The smallest absolute Gasteiger partial charge is 0.119 e. The van der Waals surface area contributed by atoms with Crippen LogP contribution in [-0.4, -0.2) is 6.61 Å². The van der Waals surface area contributed by atoms with E-state index in [1.807, 2.05) is 24.3 Å². The highest BCUT2D eigenvalue weighted by molar-refractivity contribution is 5.20. The molecule has 0 amide bonds. The summed E-state index contributed by atoms with van der Waals surface area (Å²) in [5, 5.41) is 0. The summed E-state index contributed by atoms with van der Waals surface area (Å²) in [7, 11) is 0. The Balaban J connectivity index is 2.07. The van der Waals surface area contributed by atoms with Crippen molar-refractivity contribution in [2.24, 2.45) is 0 Å². The van der Waals surface area contributed by atoms with Gasteiger partial charge in [-0.2, -0.15) is 0 Å². The van der Waals surface area contributed by atoms with Gasteiger partial charge in [-0.15, -0.1) is 0 Å². The molecule has 1 rings (SSSR count). The lowest BCUT2D eigenvalue weighted by Crippen LogP contribution is -1.96. The summed E-state index contributed by atoms with van der Waals surface area (Å²) in [6.45, 7) is 3.05. The molecule has 0 saturated heterocycles. The quantitative estimate of drug-likeness (QED) is 0.605. The summed E-state index contributed by atoms with van der Waals surface area (Å²) < 4.78 is 5.53. The van der Waals surface area contributed by atoms with Crippen molar-refractivity contribution in [2.75, 3.05) is 6.61 Å². The Labute approximate surface area is 80.7 Å².